The van der Waals surface area contributed by atoms with Crippen LogP contribution in [0.2, 0.25) is 0 Å². The first-order valence-electron chi connectivity index (χ1n) is 7.75. The topological polar surface area (TPSA) is 71.1 Å². The fourth-order valence-corrected chi connectivity index (χ4v) is 2.00. The molecule has 1 heterocycles. The maximum atomic E-state index is 11.7. The van der Waals surface area contributed by atoms with E-state index in [9.17, 15) is 9.59 Å². The molecule has 0 amide bonds. The van der Waals surface area contributed by atoms with Crippen LogP contribution in [0.15, 0.2) is 0 Å². The molecule has 0 aliphatic carbocycles. The van der Waals surface area contributed by atoms with Crippen LogP contribution in [-0.2, 0) is 28.5 Å². The zero-order chi connectivity index (χ0) is 17.0. The molecule has 0 aromatic carbocycles. The lowest BCUT2D eigenvalue weighted by molar-refractivity contribution is -0.357. The zero-order valence-electron chi connectivity index (χ0n) is 14.4. The molecule has 1 saturated heterocycles. The van der Waals surface area contributed by atoms with Gasteiger partial charge in [-0.3, -0.25) is 9.59 Å². The summed E-state index contributed by atoms with van der Waals surface area (Å²) in [5, 5.41) is 0. The largest absolute Gasteiger partial charge is 0.431 e. The predicted molar refractivity (Wildman–Crippen MR) is 79.8 cm³/mol. The second kappa shape index (κ2) is 7.42. The molecule has 1 aliphatic rings. The van der Waals surface area contributed by atoms with Crippen molar-refractivity contribution in [3.05, 3.63) is 0 Å². The van der Waals surface area contributed by atoms with Crippen molar-refractivity contribution in [2.75, 3.05) is 13.2 Å². The third kappa shape index (κ3) is 6.32. The Morgan fingerprint density at radius 3 is 1.41 bits per heavy atom. The fraction of sp³-hybridized carbons (Fsp3) is 0.875. The first-order valence-corrected chi connectivity index (χ1v) is 7.75. The quantitative estimate of drug-likeness (QED) is 0.702. The van der Waals surface area contributed by atoms with Gasteiger partial charge in [0.1, 0.15) is 13.2 Å². The molecule has 6 heteroatoms. The first kappa shape index (κ1) is 18.9. The monoisotopic (exact) mass is 316 g/mol. The highest BCUT2D eigenvalue weighted by atomic mass is 16.8. The summed E-state index contributed by atoms with van der Waals surface area (Å²) in [5.74, 6) is -2.53. The van der Waals surface area contributed by atoms with E-state index >= 15 is 0 Å². The van der Waals surface area contributed by atoms with Gasteiger partial charge in [-0.1, -0.05) is 27.7 Å². The number of carbonyl (C=O) groups is 2. The van der Waals surface area contributed by atoms with Crippen molar-refractivity contribution >= 4 is 11.9 Å². The van der Waals surface area contributed by atoms with Crippen LogP contribution in [-0.4, -0.2) is 36.7 Å². The van der Waals surface area contributed by atoms with E-state index in [1.165, 1.54) is 0 Å². The molecule has 0 bridgehead atoms. The number of hydrogen-bond donors (Lipinski definition) is 0. The highest BCUT2D eigenvalue weighted by Crippen LogP contribution is 2.28. The average Bonchev–Trinajstić information content (AvgIpc) is 2.31. The van der Waals surface area contributed by atoms with Crippen LogP contribution >= 0.6 is 0 Å². The van der Waals surface area contributed by atoms with E-state index in [2.05, 4.69) is 0 Å². The van der Waals surface area contributed by atoms with Crippen molar-refractivity contribution in [1.29, 1.82) is 0 Å². The molecule has 0 spiro atoms. The SMILES string of the molecule is CC(C)CC(=O)OC1(C)COC(C)(OC(=O)CC(C)C)CO1. The smallest absolute Gasteiger partial charge is 0.308 e. The van der Waals surface area contributed by atoms with Crippen LogP contribution in [0.4, 0.5) is 0 Å². The Labute approximate surface area is 132 Å². The maximum absolute atomic E-state index is 11.7. The maximum Gasteiger partial charge on any atom is 0.308 e. The highest BCUT2D eigenvalue weighted by Gasteiger charge is 2.44. The Bertz CT molecular complexity index is 355. The lowest BCUT2D eigenvalue weighted by Crippen LogP contribution is -2.54. The van der Waals surface area contributed by atoms with E-state index in [4.69, 9.17) is 18.9 Å². The van der Waals surface area contributed by atoms with Gasteiger partial charge in [-0.25, -0.2) is 0 Å². The Balaban J connectivity index is 2.50. The van der Waals surface area contributed by atoms with E-state index in [0.29, 0.717) is 12.8 Å². The molecule has 0 aromatic heterocycles. The number of esters is 2. The number of ether oxygens (including phenoxy) is 4. The predicted octanol–water partition coefficient (Wildman–Crippen LogP) is 2.64. The molecule has 0 saturated carbocycles. The zero-order valence-corrected chi connectivity index (χ0v) is 14.4. The van der Waals surface area contributed by atoms with Gasteiger partial charge in [-0.2, -0.15) is 0 Å². The summed E-state index contributed by atoms with van der Waals surface area (Å²) >= 11 is 0. The molecule has 6 nitrogen and oxygen atoms in total. The van der Waals surface area contributed by atoms with E-state index in [1.807, 2.05) is 27.7 Å². The van der Waals surface area contributed by atoms with Gasteiger partial charge in [0, 0.05) is 26.7 Å². The minimum absolute atomic E-state index is 0.0162. The van der Waals surface area contributed by atoms with Crippen LogP contribution in [0.3, 0.4) is 0 Å². The van der Waals surface area contributed by atoms with E-state index in [-0.39, 0.29) is 37.0 Å². The average molecular weight is 316 g/mol. The molecular formula is C16H28O6. The minimum Gasteiger partial charge on any atom is -0.431 e. The lowest BCUT2D eigenvalue weighted by atomic mass is 10.1. The third-order valence-corrected chi connectivity index (χ3v) is 3.09. The fourth-order valence-electron chi connectivity index (χ4n) is 2.00. The molecule has 0 aromatic rings. The normalized spacial score (nSPS) is 28.7. The first-order chi connectivity index (χ1) is 10.0. The molecular weight excluding hydrogens is 288 g/mol. The summed E-state index contributed by atoms with van der Waals surface area (Å²) in [6.07, 6.45) is 0.638. The standard InChI is InChI=1S/C16H28O6/c1-11(2)7-13(17)21-15(5)9-20-16(6,10-19-15)22-14(18)8-12(3)4/h11-12H,7-10H2,1-6H3. The van der Waals surface area contributed by atoms with Crippen molar-refractivity contribution in [1.82, 2.24) is 0 Å². The molecule has 1 fully saturated rings. The molecule has 22 heavy (non-hydrogen) atoms. The molecule has 0 N–H and O–H groups in total. The molecule has 2 atom stereocenters. The summed E-state index contributed by atoms with van der Waals surface area (Å²) < 4.78 is 21.8. The van der Waals surface area contributed by atoms with Crippen LogP contribution in [0.25, 0.3) is 0 Å². The van der Waals surface area contributed by atoms with Crippen molar-refractivity contribution in [2.24, 2.45) is 11.8 Å². The highest BCUT2D eigenvalue weighted by molar-refractivity contribution is 5.70. The van der Waals surface area contributed by atoms with Crippen LogP contribution < -0.4 is 0 Å². The van der Waals surface area contributed by atoms with Crippen LogP contribution in [0, 0.1) is 11.8 Å². The summed E-state index contributed by atoms with van der Waals surface area (Å²) in [5.41, 5.74) is 0. The molecule has 2 unspecified atom stereocenters. The summed E-state index contributed by atoms with van der Waals surface area (Å²) in [4.78, 5) is 23.5. The minimum atomic E-state index is -1.14. The van der Waals surface area contributed by atoms with Crippen molar-refractivity contribution in [3.8, 4) is 0 Å². The second-order valence-electron chi connectivity index (χ2n) is 6.99. The summed E-state index contributed by atoms with van der Waals surface area (Å²) in [6.45, 7) is 11.1. The number of rotatable bonds is 6. The summed E-state index contributed by atoms with van der Waals surface area (Å²) in [7, 11) is 0. The number of hydrogen-bond acceptors (Lipinski definition) is 6. The Morgan fingerprint density at radius 2 is 1.18 bits per heavy atom. The van der Waals surface area contributed by atoms with Gasteiger partial charge in [0.15, 0.2) is 0 Å². The van der Waals surface area contributed by atoms with Gasteiger partial charge in [-0.15, -0.1) is 0 Å². The lowest BCUT2D eigenvalue weighted by Gasteiger charge is -2.41. The van der Waals surface area contributed by atoms with Crippen LogP contribution in [0.5, 0.6) is 0 Å². The Kier molecular flexibility index (Phi) is 6.38. The van der Waals surface area contributed by atoms with Crippen molar-refractivity contribution in [2.45, 2.75) is 66.0 Å². The van der Waals surface area contributed by atoms with Gasteiger partial charge in [0.05, 0.1) is 0 Å². The molecule has 128 valence electrons. The van der Waals surface area contributed by atoms with Crippen molar-refractivity contribution in [3.63, 3.8) is 0 Å². The van der Waals surface area contributed by atoms with Crippen LogP contribution in [0.1, 0.15) is 54.4 Å². The van der Waals surface area contributed by atoms with Gasteiger partial charge >= 0.3 is 11.9 Å². The third-order valence-electron chi connectivity index (χ3n) is 3.09. The Morgan fingerprint density at radius 1 is 0.864 bits per heavy atom. The second-order valence-corrected chi connectivity index (χ2v) is 6.99. The van der Waals surface area contributed by atoms with E-state index < -0.39 is 11.6 Å². The summed E-state index contributed by atoms with van der Waals surface area (Å²) in [6, 6.07) is 0. The van der Waals surface area contributed by atoms with Gasteiger partial charge in [-0.05, 0) is 11.8 Å². The number of carbonyl (C=O) groups excluding carboxylic acids is 2. The van der Waals surface area contributed by atoms with E-state index in [0.717, 1.165) is 0 Å². The Hall–Kier alpha value is -1.14. The van der Waals surface area contributed by atoms with Gasteiger partial charge in [0.2, 0.25) is 11.6 Å². The van der Waals surface area contributed by atoms with Crippen molar-refractivity contribution < 1.29 is 28.5 Å². The van der Waals surface area contributed by atoms with Gasteiger partial charge < -0.3 is 18.9 Å². The molecule has 1 rings (SSSR count). The molecule has 1 aliphatic heterocycles. The van der Waals surface area contributed by atoms with Gasteiger partial charge in [0.25, 0.3) is 0 Å². The van der Waals surface area contributed by atoms with E-state index in [1.54, 1.807) is 13.8 Å². The molecule has 0 radical (unpaired) electrons.